The Labute approximate surface area is 128 Å². The molecule has 9 heteroatoms. The minimum atomic E-state index is -3.63. The normalized spacial score (nSPS) is 11.2. The molecule has 0 spiro atoms. The zero-order valence-corrected chi connectivity index (χ0v) is 13.1. The van der Waals surface area contributed by atoms with E-state index in [2.05, 4.69) is 31.2 Å². The number of carbonyl (C=O) groups excluding carboxylic acids is 1. The van der Waals surface area contributed by atoms with Crippen LogP contribution in [-0.2, 0) is 9.84 Å². The fourth-order valence-electron chi connectivity index (χ4n) is 1.41. The summed E-state index contributed by atoms with van der Waals surface area (Å²) in [6, 6.07) is 5.12. The molecule has 0 aliphatic rings. The minimum Gasteiger partial charge on any atom is -0.321 e. The number of nitrogens with one attached hydrogen (secondary N) is 1. The average molecular weight is 374 g/mol. The molecule has 0 aliphatic heterocycles. The van der Waals surface area contributed by atoms with Crippen LogP contribution in [0.2, 0.25) is 0 Å². The molecule has 1 heterocycles. The zero-order valence-electron chi connectivity index (χ0n) is 10.7. The number of aromatic nitrogens is 2. The maximum Gasteiger partial charge on any atom is 0.275 e. The van der Waals surface area contributed by atoms with Gasteiger partial charge in [0.15, 0.2) is 0 Å². The Hall–Kier alpha value is -1.87. The maximum absolute atomic E-state index is 12.8. The Bertz CT molecular complexity index is 794. The number of anilines is 1. The molecule has 0 atom stereocenters. The summed E-state index contributed by atoms with van der Waals surface area (Å²) in [5.74, 6) is -1.07. The number of nitrogens with zero attached hydrogens (tertiary/aromatic N) is 2. The van der Waals surface area contributed by atoms with E-state index in [0.29, 0.717) is 5.69 Å². The zero-order chi connectivity index (χ0) is 15.6. The van der Waals surface area contributed by atoms with E-state index in [4.69, 9.17) is 0 Å². The number of hydrogen-bond acceptors (Lipinski definition) is 5. The van der Waals surface area contributed by atoms with Crippen molar-refractivity contribution >= 4 is 37.4 Å². The monoisotopic (exact) mass is 373 g/mol. The van der Waals surface area contributed by atoms with Crippen LogP contribution in [0.25, 0.3) is 0 Å². The van der Waals surface area contributed by atoms with Crippen molar-refractivity contribution in [2.24, 2.45) is 0 Å². The molecule has 21 heavy (non-hydrogen) atoms. The van der Waals surface area contributed by atoms with E-state index in [-0.39, 0.29) is 10.2 Å². The van der Waals surface area contributed by atoms with Crippen LogP contribution in [0.5, 0.6) is 0 Å². The number of halogens is 2. The number of hydrogen-bond donors (Lipinski definition) is 1. The van der Waals surface area contributed by atoms with Gasteiger partial charge in [-0.2, -0.15) is 0 Å². The molecule has 0 aliphatic carbocycles. The second-order valence-electron chi connectivity index (χ2n) is 4.08. The molecular formula is C12H9BrFN3O3S. The van der Waals surface area contributed by atoms with Gasteiger partial charge in [-0.1, -0.05) is 0 Å². The number of benzene rings is 1. The van der Waals surface area contributed by atoms with Gasteiger partial charge in [-0.15, -0.1) is 0 Å². The van der Waals surface area contributed by atoms with E-state index in [0.717, 1.165) is 6.26 Å². The smallest absolute Gasteiger partial charge is 0.275 e. The first kappa shape index (κ1) is 15.5. The Morgan fingerprint density at radius 3 is 2.48 bits per heavy atom. The summed E-state index contributed by atoms with van der Waals surface area (Å²) >= 11 is 3.08. The highest BCUT2D eigenvalue weighted by Crippen LogP contribution is 2.17. The summed E-state index contributed by atoms with van der Waals surface area (Å²) in [5.41, 5.74) is 0.225. The molecule has 0 radical (unpaired) electrons. The Balaban J connectivity index is 2.32. The van der Waals surface area contributed by atoms with Crippen molar-refractivity contribution < 1.29 is 17.6 Å². The van der Waals surface area contributed by atoms with Gasteiger partial charge in [0.2, 0.25) is 15.0 Å². The molecule has 1 aromatic carbocycles. The van der Waals surface area contributed by atoms with E-state index in [1.54, 1.807) is 0 Å². The van der Waals surface area contributed by atoms with Crippen LogP contribution in [0, 0.1) is 5.82 Å². The third-order valence-corrected chi connectivity index (χ3v) is 3.81. The van der Waals surface area contributed by atoms with Crippen molar-refractivity contribution in [3.05, 3.63) is 46.4 Å². The quantitative estimate of drug-likeness (QED) is 0.831. The molecule has 0 bridgehead atoms. The summed E-state index contributed by atoms with van der Waals surface area (Å²) in [5, 5.41) is 2.04. The standard InChI is InChI=1S/C12H9BrFN3O3S/c1-21(19,20)12-15-6-9(13)10(17-12)11(18)16-8-4-2-7(14)3-5-8/h2-6H,1H3,(H,16,18). The van der Waals surface area contributed by atoms with Crippen LogP contribution >= 0.6 is 15.9 Å². The molecule has 0 fully saturated rings. The molecular weight excluding hydrogens is 365 g/mol. The van der Waals surface area contributed by atoms with E-state index >= 15 is 0 Å². The highest BCUT2D eigenvalue weighted by atomic mass is 79.9. The number of carbonyl (C=O) groups is 1. The molecule has 110 valence electrons. The topological polar surface area (TPSA) is 89.0 Å². The van der Waals surface area contributed by atoms with Crippen LogP contribution in [0.4, 0.5) is 10.1 Å². The fourth-order valence-corrected chi connectivity index (χ4v) is 2.28. The first-order valence-corrected chi connectivity index (χ1v) is 8.25. The molecule has 1 N–H and O–H groups in total. The fraction of sp³-hybridized carbons (Fsp3) is 0.0833. The van der Waals surface area contributed by atoms with E-state index in [1.165, 1.54) is 30.5 Å². The lowest BCUT2D eigenvalue weighted by atomic mass is 10.3. The van der Waals surface area contributed by atoms with Gasteiger partial charge >= 0.3 is 0 Å². The van der Waals surface area contributed by atoms with Crippen LogP contribution < -0.4 is 5.32 Å². The van der Waals surface area contributed by atoms with E-state index in [9.17, 15) is 17.6 Å². The minimum absolute atomic E-state index is 0.130. The van der Waals surface area contributed by atoms with Gasteiger partial charge in [0, 0.05) is 18.1 Å². The van der Waals surface area contributed by atoms with Crippen LogP contribution in [-0.4, -0.2) is 30.5 Å². The second-order valence-corrected chi connectivity index (χ2v) is 6.85. The lowest BCUT2D eigenvalue weighted by Crippen LogP contribution is -2.17. The predicted molar refractivity (Wildman–Crippen MR) is 77.2 cm³/mol. The lowest BCUT2D eigenvalue weighted by molar-refractivity contribution is 0.102. The maximum atomic E-state index is 12.8. The van der Waals surface area contributed by atoms with Gasteiger partial charge in [-0.05, 0) is 40.2 Å². The van der Waals surface area contributed by atoms with Crippen molar-refractivity contribution in [2.75, 3.05) is 11.6 Å². The molecule has 0 saturated carbocycles. The Kier molecular flexibility index (Phi) is 4.33. The van der Waals surface area contributed by atoms with Crippen LogP contribution in [0.3, 0.4) is 0 Å². The summed E-state index contributed by atoms with van der Waals surface area (Å²) in [4.78, 5) is 19.4. The van der Waals surface area contributed by atoms with Crippen LogP contribution in [0.15, 0.2) is 40.1 Å². The van der Waals surface area contributed by atoms with Gasteiger partial charge in [0.25, 0.3) is 5.91 Å². The highest BCUT2D eigenvalue weighted by molar-refractivity contribution is 9.10. The van der Waals surface area contributed by atoms with Gasteiger partial charge in [0.1, 0.15) is 11.5 Å². The lowest BCUT2D eigenvalue weighted by Gasteiger charge is -2.07. The first-order valence-electron chi connectivity index (χ1n) is 5.57. The Morgan fingerprint density at radius 1 is 1.29 bits per heavy atom. The van der Waals surface area contributed by atoms with Crippen molar-refractivity contribution in [1.29, 1.82) is 0 Å². The molecule has 0 unspecified atom stereocenters. The molecule has 2 aromatic rings. The average Bonchev–Trinajstić information content (AvgIpc) is 2.40. The predicted octanol–water partition coefficient (Wildman–Crippen LogP) is 2.03. The van der Waals surface area contributed by atoms with Crippen molar-refractivity contribution in [2.45, 2.75) is 5.16 Å². The molecule has 6 nitrogen and oxygen atoms in total. The van der Waals surface area contributed by atoms with Gasteiger partial charge in [-0.3, -0.25) is 4.79 Å². The molecule has 2 rings (SSSR count). The van der Waals surface area contributed by atoms with Crippen molar-refractivity contribution in [3.63, 3.8) is 0 Å². The van der Waals surface area contributed by atoms with E-state index in [1.807, 2.05) is 0 Å². The van der Waals surface area contributed by atoms with E-state index < -0.39 is 26.7 Å². The molecule has 1 amide bonds. The third-order valence-electron chi connectivity index (χ3n) is 2.37. The second kappa shape index (κ2) is 5.86. The number of amides is 1. The third kappa shape index (κ3) is 3.82. The van der Waals surface area contributed by atoms with Gasteiger partial charge in [0.05, 0.1) is 4.47 Å². The van der Waals surface area contributed by atoms with Gasteiger partial charge in [-0.25, -0.2) is 22.8 Å². The summed E-state index contributed by atoms with van der Waals surface area (Å²) < 4.78 is 35.8. The SMILES string of the molecule is CS(=O)(=O)c1ncc(Br)c(C(=O)Nc2ccc(F)cc2)n1. The summed E-state index contributed by atoms with van der Waals surface area (Å²) in [6.45, 7) is 0. The first-order chi connectivity index (χ1) is 9.77. The largest absolute Gasteiger partial charge is 0.321 e. The van der Waals surface area contributed by atoms with Gasteiger partial charge < -0.3 is 5.32 Å². The number of rotatable bonds is 3. The van der Waals surface area contributed by atoms with Crippen LogP contribution in [0.1, 0.15) is 10.5 Å². The number of sulfone groups is 1. The molecule has 0 saturated heterocycles. The van der Waals surface area contributed by atoms with Crippen molar-refractivity contribution in [3.8, 4) is 0 Å². The molecule has 1 aromatic heterocycles. The Morgan fingerprint density at radius 2 is 1.90 bits per heavy atom. The van der Waals surface area contributed by atoms with Crippen molar-refractivity contribution in [1.82, 2.24) is 9.97 Å². The summed E-state index contributed by atoms with van der Waals surface area (Å²) in [7, 11) is -3.63. The highest BCUT2D eigenvalue weighted by Gasteiger charge is 2.18. The summed E-state index contributed by atoms with van der Waals surface area (Å²) in [6.07, 6.45) is 2.13.